The minimum Gasteiger partial charge on any atom is -0.484 e. The number of carbonyl (C=O) groups excluding carboxylic acids is 1. The molecule has 0 aromatic heterocycles. The maximum absolute atomic E-state index is 12.6. The summed E-state index contributed by atoms with van der Waals surface area (Å²) < 4.78 is 34.8. The second-order valence-electron chi connectivity index (χ2n) is 7.66. The molecule has 1 aliphatic carbocycles. The fraction of sp³-hybridized carbons (Fsp3) is 0.364. The van der Waals surface area contributed by atoms with Gasteiger partial charge in [0.2, 0.25) is 0 Å². The molecular weight excluding hydrogens is 402 g/mol. The van der Waals surface area contributed by atoms with Crippen molar-refractivity contribution in [1.29, 1.82) is 0 Å². The van der Waals surface area contributed by atoms with E-state index in [1.54, 1.807) is 12.1 Å². The van der Waals surface area contributed by atoms with Crippen molar-refractivity contribution in [3.63, 3.8) is 0 Å². The number of hydrogen-bond acceptors (Lipinski definition) is 4. The average molecular weight is 428 g/mol. The van der Waals surface area contributed by atoms with E-state index < -0.39 is 10.0 Å². The summed E-state index contributed by atoms with van der Waals surface area (Å²) in [7, 11) is -2.00. The Bertz CT molecular complexity index is 1100. The zero-order chi connectivity index (χ0) is 21.1. The lowest BCUT2D eigenvalue weighted by atomic mass is 10.1. The number of hydrogen-bond donors (Lipinski definition) is 1. The van der Waals surface area contributed by atoms with E-state index in [2.05, 4.69) is 9.71 Å². The Kier molecular flexibility index (Phi) is 5.76. The number of likely N-dealkylation sites (tertiary alicyclic amines) is 1. The van der Waals surface area contributed by atoms with Gasteiger partial charge in [-0.3, -0.25) is 4.79 Å². The molecule has 4 rings (SSSR count). The van der Waals surface area contributed by atoms with Gasteiger partial charge in [0.15, 0.2) is 6.61 Å². The number of aryl methyl sites for hydroxylation is 2. The van der Waals surface area contributed by atoms with Crippen molar-refractivity contribution in [3.8, 4) is 5.75 Å². The quantitative estimate of drug-likeness (QED) is 0.766. The largest absolute Gasteiger partial charge is 0.484 e. The van der Waals surface area contributed by atoms with E-state index in [0.717, 1.165) is 32.2 Å². The number of fused-ring (bicyclic) bond motifs is 1. The summed E-state index contributed by atoms with van der Waals surface area (Å²) in [5, 5.41) is 2.69. The van der Waals surface area contributed by atoms with Crippen LogP contribution in [0.25, 0.3) is 0 Å². The number of anilines is 1. The lowest BCUT2D eigenvalue weighted by Gasteiger charge is -2.11. The van der Waals surface area contributed by atoms with Gasteiger partial charge in [-0.2, -0.15) is 8.42 Å². The molecule has 0 radical (unpaired) electrons. The smallest absolute Gasteiger partial charge is 0.284 e. The molecule has 30 heavy (non-hydrogen) atoms. The van der Waals surface area contributed by atoms with E-state index in [1.807, 2.05) is 30.1 Å². The monoisotopic (exact) mass is 427 g/mol. The molecule has 2 aromatic rings. The number of amidine groups is 1. The normalized spacial score (nSPS) is 17.2. The number of rotatable bonds is 6. The standard InChI is InChI=1S/C22H25N3O4S/c1-25-12-4-9-21(25)24-30(27,28)20-8-3-7-18(14-20)23-22(26)15-29-19-11-10-16-5-2-6-17(16)13-19/h3,7-8,10-11,13-14H,2,4-6,9,12,15H2,1H3,(H,23,26). The molecule has 1 fully saturated rings. The van der Waals surface area contributed by atoms with Crippen LogP contribution in [0.15, 0.2) is 51.8 Å². The molecule has 0 atom stereocenters. The Morgan fingerprint density at radius 2 is 1.93 bits per heavy atom. The van der Waals surface area contributed by atoms with Crippen molar-refractivity contribution in [1.82, 2.24) is 4.90 Å². The van der Waals surface area contributed by atoms with Gasteiger partial charge in [0, 0.05) is 25.7 Å². The first-order chi connectivity index (χ1) is 14.4. The van der Waals surface area contributed by atoms with Crippen LogP contribution in [0, 0.1) is 0 Å². The minimum atomic E-state index is -3.83. The molecule has 8 heteroatoms. The summed E-state index contributed by atoms with van der Waals surface area (Å²) in [6, 6.07) is 12.0. The van der Waals surface area contributed by atoms with Gasteiger partial charge in [-0.05, 0) is 67.1 Å². The molecule has 158 valence electrons. The van der Waals surface area contributed by atoms with Crippen molar-refractivity contribution in [2.75, 3.05) is 25.5 Å². The molecule has 1 aliphatic heterocycles. The summed E-state index contributed by atoms with van der Waals surface area (Å²) in [6.07, 6.45) is 4.83. The van der Waals surface area contributed by atoms with Gasteiger partial charge in [0.1, 0.15) is 11.6 Å². The van der Waals surface area contributed by atoms with Crippen LogP contribution in [-0.2, 0) is 27.7 Å². The van der Waals surface area contributed by atoms with E-state index in [4.69, 9.17) is 4.74 Å². The number of sulfonamides is 1. The fourth-order valence-electron chi connectivity index (χ4n) is 3.82. The number of carbonyl (C=O) groups is 1. The molecule has 2 aliphatic rings. The topological polar surface area (TPSA) is 88.1 Å². The van der Waals surface area contributed by atoms with Gasteiger partial charge in [0.05, 0.1) is 4.90 Å². The van der Waals surface area contributed by atoms with Crippen molar-refractivity contribution in [2.24, 2.45) is 4.40 Å². The molecule has 1 N–H and O–H groups in total. The first kappa shape index (κ1) is 20.4. The lowest BCUT2D eigenvalue weighted by Crippen LogP contribution is -2.21. The summed E-state index contributed by atoms with van der Waals surface area (Å²) >= 11 is 0. The van der Waals surface area contributed by atoms with Gasteiger partial charge in [-0.1, -0.05) is 12.1 Å². The predicted octanol–water partition coefficient (Wildman–Crippen LogP) is 3.01. The third kappa shape index (κ3) is 4.64. The minimum absolute atomic E-state index is 0.0487. The van der Waals surface area contributed by atoms with Gasteiger partial charge >= 0.3 is 0 Å². The van der Waals surface area contributed by atoms with Gasteiger partial charge in [-0.15, -0.1) is 4.40 Å². The Balaban J connectivity index is 1.39. The second-order valence-corrected chi connectivity index (χ2v) is 9.26. The van der Waals surface area contributed by atoms with Crippen LogP contribution >= 0.6 is 0 Å². The Morgan fingerprint density at radius 1 is 1.10 bits per heavy atom. The van der Waals surface area contributed by atoms with E-state index in [0.29, 0.717) is 23.7 Å². The molecule has 0 unspecified atom stereocenters. The molecule has 0 spiro atoms. The molecule has 1 saturated heterocycles. The maximum Gasteiger partial charge on any atom is 0.284 e. The summed E-state index contributed by atoms with van der Waals surface area (Å²) in [4.78, 5) is 14.2. The first-order valence-corrected chi connectivity index (χ1v) is 11.5. The SMILES string of the molecule is CN1CCCC1=NS(=O)(=O)c1cccc(NC(=O)COc2ccc3c(c2)CCC3)c1. The molecular formula is C22H25N3O4S. The van der Waals surface area contributed by atoms with Crippen LogP contribution < -0.4 is 10.1 Å². The number of nitrogens with one attached hydrogen (secondary N) is 1. The predicted molar refractivity (Wildman–Crippen MR) is 116 cm³/mol. The molecule has 1 amide bonds. The zero-order valence-corrected chi connectivity index (χ0v) is 17.7. The van der Waals surface area contributed by atoms with Crippen LogP contribution in [-0.4, -0.2) is 45.3 Å². The van der Waals surface area contributed by atoms with E-state index in [1.165, 1.54) is 23.3 Å². The lowest BCUT2D eigenvalue weighted by molar-refractivity contribution is -0.118. The van der Waals surface area contributed by atoms with Crippen molar-refractivity contribution in [3.05, 3.63) is 53.6 Å². The Morgan fingerprint density at radius 3 is 2.73 bits per heavy atom. The van der Waals surface area contributed by atoms with Crippen LogP contribution in [0.3, 0.4) is 0 Å². The zero-order valence-electron chi connectivity index (χ0n) is 16.9. The molecule has 0 saturated carbocycles. The number of nitrogens with zero attached hydrogens (tertiary/aromatic N) is 2. The summed E-state index contributed by atoms with van der Waals surface area (Å²) in [5.74, 6) is 0.873. The summed E-state index contributed by atoms with van der Waals surface area (Å²) in [5.41, 5.74) is 3.01. The van der Waals surface area contributed by atoms with Crippen LogP contribution in [0.1, 0.15) is 30.4 Å². The summed E-state index contributed by atoms with van der Waals surface area (Å²) in [6.45, 7) is 0.650. The fourth-order valence-corrected chi connectivity index (χ4v) is 4.96. The second kappa shape index (κ2) is 8.47. The maximum atomic E-state index is 12.6. The highest BCUT2D eigenvalue weighted by atomic mass is 32.2. The molecule has 2 aromatic carbocycles. The third-order valence-electron chi connectivity index (χ3n) is 5.42. The van der Waals surface area contributed by atoms with Crippen LogP contribution in [0.5, 0.6) is 5.75 Å². The number of ether oxygens (including phenoxy) is 1. The van der Waals surface area contributed by atoms with Crippen molar-refractivity contribution < 1.29 is 17.9 Å². The highest BCUT2D eigenvalue weighted by Crippen LogP contribution is 2.26. The van der Waals surface area contributed by atoms with E-state index in [-0.39, 0.29) is 17.4 Å². The third-order valence-corrected chi connectivity index (χ3v) is 6.72. The Labute approximate surface area is 176 Å². The molecule has 1 heterocycles. The average Bonchev–Trinajstić information content (AvgIpc) is 3.35. The van der Waals surface area contributed by atoms with E-state index >= 15 is 0 Å². The van der Waals surface area contributed by atoms with E-state index in [9.17, 15) is 13.2 Å². The highest BCUT2D eigenvalue weighted by Gasteiger charge is 2.20. The van der Waals surface area contributed by atoms with Gasteiger partial charge in [-0.25, -0.2) is 0 Å². The Hall–Kier alpha value is -2.87. The number of benzene rings is 2. The number of amides is 1. The van der Waals surface area contributed by atoms with Crippen LogP contribution in [0.2, 0.25) is 0 Å². The first-order valence-electron chi connectivity index (χ1n) is 10.1. The van der Waals surface area contributed by atoms with Crippen molar-refractivity contribution in [2.45, 2.75) is 37.0 Å². The molecule has 7 nitrogen and oxygen atoms in total. The van der Waals surface area contributed by atoms with Crippen LogP contribution in [0.4, 0.5) is 5.69 Å². The highest BCUT2D eigenvalue weighted by molar-refractivity contribution is 7.90. The van der Waals surface area contributed by atoms with Gasteiger partial charge in [0.25, 0.3) is 15.9 Å². The van der Waals surface area contributed by atoms with Crippen molar-refractivity contribution >= 4 is 27.5 Å². The van der Waals surface area contributed by atoms with Gasteiger partial charge < -0.3 is 15.0 Å². The molecule has 0 bridgehead atoms.